The van der Waals surface area contributed by atoms with Crippen LogP contribution < -0.4 is 13.3 Å². The Morgan fingerprint density at radius 3 is 1.83 bits per heavy atom. The van der Waals surface area contributed by atoms with Gasteiger partial charge in [-0.15, -0.1) is 0 Å². The van der Waals surface area contributed by atoms with E-state index in [0.717, 1.165) is 0 Å². The summed E-state index contributed by atoms with van der Waals surface area (Å²) in [7, 11) is 0. The predicted octanol–water partition coefficient (Wildman–Crippen LogP) is 1.71. The van der Waals surface area contributed by atoms with E-state index in [0.29, 0.717) is 13.3 Å². The average molecular weight is 613 g/mol. The van der Waals surface area contributed by atoms with Crippen molar-refractivity contribution in [3.8, 4) is 0 Å². The summed E-state index contributed by atoms with van der Waals surface area (Å²) in [6.45, 7) is 2.27. The zero-order chi connectivity index (χ0) is 9.66. The van der Waals surface area contributed by atoms with Crippen LogP contribution in [0.4, 0.5) is 0 Å². The third-order valence-electron chi connectivity index (χ3n) is 1.53. The van der Waals surface area contributed by atoms with Crippen LogP contribution in [0.3, 0.4) is 0 Å². The summed E-state index contributed by atoms with van der Waals surface area (Å²) < 4.78 is 1.46. The first-order valence-corrected chi connectivity index (χ1v) is 18.9. The Morgan fingerprint density at radius 1 is 1.00 bits per heavy atom. The van der Waals surface area contributed by atoms with Crippen LogP contribution in [0.15, 0.2) is 0 Å². The number of hydrogen-bond donors (Lipinski definition) is 0. The fourth-order valence-electron chi connectivity index (χ4n) is 0.905. The van der Waals surface area contributed by atoms with Crippen molar-refractivity contribution in [2.75, 3.05) is 0 Å². The maximum absolute atomic E-state index is 2.39. The number of rotatable bonds is 6. The van der Waals surface area contributed by atoms with Crippen LogP contribution in [0.1, 0.15) is 45.4 Å². The summed E-state index contributed by atoms with van der Waals surface area (Å²) in [4.78, 5) is 0. The van der Waals surface area contributed by atoms with Crippen molar-refractivity contribution >= 4 is 59.8 Å². The molecule has 0 aliphatic carbocycles. The number of halogens is 3. The first-order chi connectivity index (χ1) is 5.83. The molecule has 0 rings (SSSR count). The number of hydrogen-bond acceptors (Lipinski definition) is 0. The Labute approximate surface area is 120 Å². The molecule has 0 saturated carbocycles. The molecule has 0 spiro atoms. The summed E-state index contributed by atoms with van der Waals surface area (Å²) in [5.74, 6) is 0. The maximum atomic E-state index is 2.39. The van der Waals surface area contributed by atoms with Crippen LogP contribution in [0, 0.1) is 0 Å². The zero-order valence-electron chi connectivity index (χ0n) is 7.58. The molecule has 0 N–H and O–H groups in total. The van der Waals surface area contributed by atoms with Gasteiger partial charge in [0.1, 0.15) is 0 Å². The third kappa shape index (κ3) is 23.1. The molecule has 0 atom stereocenters. The fraction of sp³-hybridized carbons (Fsp3) is 1.00. The normalized spacial score (nSPS) is 9.33. The molecule has 0 saturated heterocycles. The van der Waals surface area contributed by atoms with Crippen molar-refractivity contribution in [3.05, 3.63) is 0 Å². The summed E-state index contributed by atoms with van der Waals surface area (Å²) in [5, 5.41) is 0. The van der Waals surface area contributed by atoms with E-state index in [2.05, 4.69) is 44.2 Å². The predicted molar refractivity (Wildman–Crippen MR) is 72.0 cm³/mol. The molecule has 12 heavy (non-hydrogen) atoms. The van der Waals surface area contributed by atoms with Crippen LogP contribution in [0.2, 0.25) is 4.44 Å². The first kappa shape index (κ1) is 17.4. The molecule has 0 aromatic carbocycles. The summed E-state index contributed by atoms with van der Waals surface area (Å²) in [5.41, 5.74) is 0. The molecule has 75 valence electrons. The SMILES string of the molecule is CCCCCCC[CH2][Sn].I[I-]I. The van der Waals surface area contributed by atoms with E-state index in [1.807, 2.05) is 0 Å². The van der Waals surface area contributed by atoms with Gasteiger partial charge in [-0.05, 0) is 0 Å². The van der Waals surface area contributed by atoms with E-state index in [4.69, 9.17) is 0 Å². The fourth-order valence-corrected chi connectivity index (χ4v) is 1.62. The number of unbranched alkanes of at least 4 members (excludes halogenated alkanes) is 5. The summed E-state index contributed by atoms with van der Waals surface area (Å²) >= 11 is 7.01. The van der Waals surface area contributed by atoms with Crippen LogP contribution in [-0.4, -0.2) is 22.5 Å². The molecule has 0 aliphatic rings. The standard InChI is InChI=1S/C8H17.I3.Sn/c1-3-5-7-8-6-4-2;1-3-2;/h1,3-8H2,2H3;;/q;-1;. The molecule has 0 aromatic heterocycles. The molecule has 0 heterocycles. The Kier molecular flexibility index (Phi) is 28.3. The van der Waals surface area contributed by atoms with Crippen LogP contribution in [0.5, 0.6) is 0 Å². The summed E-state index contributed by atoms with van der Waals surface area (Å²) in [6.07, 6.45) is 8.71. The molecule has 0 bridgehead atoms. The zero-order valence-corrected chi connectivity index (χ0v) is 16.9. The average Bonchev–Trinajstić information content (AvgIpc) is 2.06. The van der Waals surface area contributed by atoms with Gasteiger partial charge in [-0.1, -0.05) is 0 Å². The van der Waals surface area contributed by atoms with Gasteiger partial charge in [0, 0.05) is 0 Å². The van der Waals surface area contributed by atoms with Gasteiger partial charge >= 0.3 is 123 Å². The van der Waals surface area contributed by atoms with Gasteiger partial charge in [0.2, 0.25) is 0 Å². The molecule has 3 radical (unpaired) electrons. The van der Waals surface area contributed by atoms with Gasteiger partial charge in [0.25, 0.3) is 0 Å². The second kappa shape index (κ2) is 19.5. The molecule has 0 amide bonds. The van der Waals surface area contributed by atoms with Gasteiger partial charge in [0.15, 0.2) is 0 Å². The van der Waals surface area contributed by atoms with Gasteiger partial charge in [-0.3, -0.25) is 0 Å². The Bertz CT molecular complexity index is 56.3. The Morgan fingerprint density at radius 2 is 1.42 bits per heavy atom. The molecule has 0 unspecified atom stereocenters. The van der Waals surface area contributed by atoms with E-state index >= 15 is 0 Å². The molecule has 0 aliphatic heterocycles. The van der Waals surface area contributed by atoms with E-state index in [1.54, 1.807) is 22.5 Å². The van der Waals surface area contributed by atoms with Gasteiger partial charge in [-0.2, -0.15) is 0 Å². The van der Waals surface area contributed by atoms with Crippen molar-refractivity contribution in [1.29, 1.82) is 0 Å². The monoisotopic (exact) mass is 614 g/mol. The first-order valence-electron chi connectivity index (χ1n) is 4.35. The Balaban J connectivity index is 0. The molecule has 4 heteroatoms. The van der Waals surface area contributed by atoms with Gasteiger partial charge < -0.3 is 0 Å². The summed E-state index contributed by atoms with van der Waals surface area (Å²) in [6, 6.07) is 0. The van der Waals surface area contributed by atoms with E-state index < -0.39 is 0 Å². The minimum atomic E-state index is 0.530. The molecule has 0 fully saturated rings. The molecule has 0 aromatic rings. The van der Waals surface area contributed by atoms with Crippen molar-refractivity contribution in [2.45, 2.75) is 49.9 Å². The topological polar surface area (TPSA) is 0 Å². The van der Waals surface area contributed by atoms with E-state index in [9.17, 15) is 0 Å². The van der Waals surface area contributed by atoms with E-state index in [1.165, 1.54) is 43.0 Å². The molecular formula is C8H17I3Sn-. The van der Waals surface area contributed by atoms with Crippen LogP contribution in [-0.2, 0) is 0 Å². The third-order valence-corrected chi connectivity index (χ3v) is 2.54. The minimum absolute atomic E-state index is 0.530. The van der Waals surface area contributed by atoms with E-state index in [-0.39, 0.29) is 0 Å². The van der Waals surface area contributed by atoms with Crippen molar-refractivity contribution in [3.63, 3.8) is 0 Å². The molecule has 0 nitrogen and oxygen atoms in total. The van der Waals surface area contributed by atoms with Crippen LogP contribution in [0.25, 0.3) is 0 Å². The second-order valence-corrected chi connectivity index (χ2v) is 20.2. The van der Waals surface area contributed by atoms with Gasteiger partial charge in [0.05, 0.1) is 0 Å². The quantitative estimate of drug-likeness (QED) is 0.244. The van der Waals surface area contributed by atoms with Crippen molar-refractivity contribution < 1.29 is 13.3 Å². The van der Waals surface area contributed by atoms with Gasteiger partial charge in [-0.25, -0.2) is 0 Å². The van der Waals surface area contributed by atoms with Crippen molar-refractivity contribution in [2.24, 2.45) is 0 Å². The molecular weight excluding hydrogens is 596 g/mol. The van der Waals surface area contributed by atoms with Crippen LogP contribution >= 0.6 is 37.2 Å². The second-order valence-electron chi connectivity index (χ2n) is 2.57. The van der Waals surface area contributed by atoms with Crippen molar-refractivity contribution in [1.82, 2.24) is 0 Å². The Hall–Kier alpha value is 2.99.